The van der Waals surface area contributed by atoms with E-state index in [0.717, 1.165) is 10.7 Å². The summed E-state index contributed by atoms with van der Waals surface area (Å²) >= 11 is 9.01. The van der Waals surface area contributed by atoms with Gasteiger partial charge in [0.15, 0.2) is 9.84 Å². The lowest BCUT2D eigenvalue weighted by atomic mass is 10.1. The smallest absolute Gasteiger partial charge is 0.242 e. The van der Waals surface area contributed by atoms with Crippen molar-refractivity contribution < 1.29 is 13.2 Å². The maximum atomic E-state index is 11.9. The second-order valence-corrected chi connectivity index (χ2v) is 10.7. The topological polar surface area (TPSA) is 51.2 Å². The van der Waals surface area contributed by atoms with Gasteiger partial charge in [-0.05, 0) is 44.0 Å². The molecule has 7 heteroatoms. The summed E-state index contributed by atoms with van der Waals surface area (Å²) in [6.07, 6.45) is 0.979. The Bertz CT molecular complexity index is 505. The fourth-order valence-electron chi connectivity index (χ4n) is 0.938. The first-order chi connectivity index (χ1) is 7.16. The quantitative estimate of drug-likeness (QED) is 0.542. The summed E-state index contributed by atoms with van der Waals surface area (Å²) in [5.74, 6) is -0.553. The molecule has 0 amide bonds. The number of rotatable bonds is 3. The summed E-state index contributed by atoms with van der Waals surface area (Å²) in [6.45, 7) is 0. The summed E-state index contributed by atoms with van der Waals surface area (Å²) in [7, 11) is -3.59. The molecule has 16 heavy (non-hydrogen) atoms. The number of ketones is 1. The second kappa shape index (κ2) is 4.88. The average molecular weight is 435 g/mol. The van der Waals surface area contributed by atoms with Crippen molar-refractivity contribution in [1.82, 2.24) is 0 Å². The van der Waals surface area contributed by atoms with Gasteiger partial charge in [-0.25, -0.2) is 8.42 Å². The van der Waals surface area contributed by atoms with E-state index in [1.807, 2.05) is 0 Å². The Balaban J connectivity index is 3.18. The van der Waals surface area contributed by atoms with Crippen molar-refractivity contribution in [2.75, 3.05) is 6.26 Å². The number of sulfone groups is 1. The fraction of sp³-hybridized carbons (Fsp3) is 0.222. The highest BCUT2D eigenvalue weighted by atomic mass is 79.9. The highest BCUT2D eigenvalue weighted by Gasteiger charge is 2.43. The Kier molecular flexibility index (Phi) is 4.37. The lowest BCUT2D eigenvalue weighted by molar-refractivity contribution is 0.100. The minimum absolute atomic E-state index is 0.308. The van der Waals surface area contributed by atoms with Crippen molar-refractivity contribution in [3.63, 3.8) is 0 Å². The van der Waals surface area contributed by atoms with Crippen LogP contribution in [0.5, 0.6) is 0 Å². The van der Waals surface area contributed by atoms with Crippen LogP contribution in [0.3, 0.4) is 0 Å². The molecule has 0 saturated heterocycles. The minimum Gasteiger partial charge on any atom is -0.290 e. The third-order valence-corrected chi connectivity index (χ3v) is 7.73. The van der Waals surface area contributed by atoms with E-state index < -0.39 is 18.2 Å². The van der Waals surface area contributed by atoms with Gasteiger partial charge in [0.1, 0.15) is 0 Å². The molecule has 0 radical (unpaired) electrons. The van der Waals surface area contributed by atoms with Gasteiger partial charge in [-0.1, -0.05) is 28.1 Å². The molecule has 0 aliphatic heterocycles. The Morgan fingerprint density at radius 2 is 1.62 bits per heavy atom. The molecule has 0 fully saturated rings. The zero-order chi connectivity index (χ0) is 12.6. The first-order valence-corrected chi connectivity index (χ1v) is 8.31. The number of carbonyl (C=O) groups is 1. The Hall–Kier alpha value is 0.280. The summed E-state index contributed by atoms with van der Waals surface area (Å²) in [6, 6.07) is 6.45. The highest BCUT2D eigenvalue weighted by Crippen LogP contribution is 2.35. The second-order valence-electron chi connectivity index (χ2n) is 3.12. The highest BCUT2D eigenvalue weighted by molar-refractivity contribution is 9.28. The summed E-state index contributed by atoms with van der Waals surface area (Å²) in [4.78, 5) is 11.9. The predicted molar refractivity (Wildman–Crippen MR) is 73.9 cm³/mol. The minimum atomic E-state index is -3.59. The average Bonchev–Trinajstić information content (AvgIpc) is 2.16. The molecule has 0 heterocycles. The van der Waals surface area contributed by atoms with Crippen LogP contribution in [0.4, 0.5) is 0 Å². The van der Waals surface area contributed by atoms with Gasteiger partial charge < -0.3 is 0 Å². The van der Waals surface area contributed by atoms with Crippen LogP contribution in [0.15, 0.2) is 28.7 Å². The number of hydrogen-bond donors (Lipinski definition) is 0. The SMILES string of the molecule is CS(=O)(=O)C(Br)(Br)C(=O)c1ccc(Br)cc1. The molecule has 0 bridgehead atoms. The molecule has 3 nitrogen and oxygen atoms in total. The van der Waals surface area contributed by atoms with Crippen LogP contribution in [-0.4, -0.2) is 23.0 Å². The molecular formula is C9H7Br3O3S. The largest absolute Gasteiger partial charge is 0.290 e. The van der Waals surface area contributed by atoms with Gasteiger partial charge in [-0.3, -0.25) is 4.79 Å². The Labute approximate surface area is 119 Å². The van der Waals surface area contributed by atoms with Crippen LogP contribution >= 0.6 is 47.8 Å². The van der Waals surface area contributed by atoms with E-state index in [9.17, 15) is 13.2 Å². The van der Waals surface area contributed by atoms with E-state index in [1.54, 1.807) is 24.3 Å². The third kappa shape index (κ3) is 2.94. The van der Waals surface area contributed by atoms with Crippen molar-refractivity contribution in [2.45, 2.75) is 2.57 Å². The van der Waals surface area contributed by atoms with Crippen molar-refractivity contribution in [3.8, 4) is 0 Å². The van der Waals surface area contributed by atoms with E-state index in [0.29, 0.717) is 5.56 Å². The normalized spacial score (nSPS) is 12.5. The first-order valence-electron chi connectivity index (χ1n) is 4.04. The molecule has 1 rings (SSSR count). The molecule has 0 aliphatic carbocycles. The number of halogens is 3. The van der Waals surface area contributed by atoms with Crippen LogP contribution in [-0.2, 0) is 9.84 Å². The van der Waals surface area contributed by atoms with Crippen LogP contribution in [0.1, 0.15) is 10.4 Å². The van der Waals surface area contributed by atoms with Crippen LogP contribution in [0.25, 0.3) is 0 Å². The number of hydrogen-bond acceptors (Lipinski definition) is 3. The number of Topliss-reactive ketones (excluding diaryl/α,β-unsaturated/α-hetero) is 1. The van der Waals surface area contributed by atoms with E-state index in [-0.39, 0.29) is 0 Å². The molecule has 0 aromatic heterocycles. The zero-order valence-corrected chi connectivity index (χ0v) is 13.7. The molecule has 0 saturated carbocycles. The van der Waals surface area contributed by atoms with Gasteiger partial charge >= 0.3 is 0 Å². The van der Waals surface area contributed by atoms with Gasteiger partial charge in [0, 0.05) is 16.3 Å². The fourth-order valence-corrected chi connectivity index (χ4v) is 2.11. The molecule has 0 atom stereocenters. The van der Waals surface area contributed by atoms with Crippen molar-refractivity contribution >= 4 is 63.4 Å². The Morgan fingerprint density at radius 3 is 2.00 bits per heavy atom. The predicted octanol–water partition coefficient (Wildman–Crippen LogP) is 3.12. The monoisotopic (exact) mass is 432 g/mol. The lowest BCUT2D eigenvalue weighted by Gasteiger charge is -2.16. The van der Waals surface area contributed by atoms with Gasteiger partial charge in [0.25, 0.3) is 0 Å². The summed E-state index contributed by atoms with van der Waals surface area (Å²) in [5, 5.41) is 0. The van der Waals surface area contributed by atoms with Crippen LogP contribution < -0.4 is 0 Å². The lowest BCUT2D eigenvalue weighted by Crippen LogP contribution is -2.33. The maximum Gasteiger partial charge on any atom is 0.242 e. The third-order valence-electron chi connectivity index (χ3n) is 1.84. The molecule has 0 aliphatic rings. The van der Waals surface area contributed by atoms with Crippen molar-refractivity contribution in [3.05, 3.63) is 34.3 Å². The van der Waals surface area contributed by atoms with Crippen LogP contribution in [0.2, 0.25) is 0 Å². The molecule has 1 aromatic carbocycles. The molecule has 88 valence electrons. The zero-order valence-electron chi connectivity index (χ0n) is 8.08. The van der Waals surface area contributed by atoms with Crippen molar-refractivity contribution in [1.29, 1.82) is 0 Å². The maximum absolute atomic E-state index is 11.9. The molecule has 1 aromatic rings. The summed E-state index contributed by atoms with van der Waals surface area (Å²) in [5.41, 5.74) is 0.308. The molecule has 0 N–H and O–H groups in total. The van der Waals surface area contributed by atoms with Crippen molar-refractivity contribution in [2.24, 2.45) is 0 Å². The number of benzene rings is 1. The van der Waals surface area contributed by atoms with Gasteiger partial charge in [-0.15, -0.1) is 0 Å². The van der Waals surface area contributed by atoms with Gasteiger partial charge in [-0.2, -0.15) is 0 Å². The standard InChI is InChI=1S/C9H7Br3O3S/c1-16(14,15)9(11,12)8(13)6-2-4-7(10)5-3-6/h2-5H,1H3. The van der Waals surface area contributed by atoms with E-state index in [2.05, 4.69) is 47.8 Å². The molecule has 0 unspecified atom stereocenters. The van der Waals surface area contributed by atoms with Crippen LogP contribution in [0, 0.1) is 0 Å². The van der Waals surface area contributed by atoms with E-state index in [1.165, 1.54) is 0 Å². The molecule has 0 spiro atoms. The summed E-state index contributed by atoms with van der Waals surface area (Å²) < 4.78 is 21.9. The number of carbonyl (C=O) groups excluding carboxylic acids is 1. The van der Waals surface area contributed by atoms with Gasteiger partial charge in [0.2, 0.25) is 8.35 Å². The Morgan fingerprint density at radius 1 is 1.19 bits per heavy atom. The molecular weight excluding hydrogens is 428 g/mol. The van der Waals surface area contributed by atoms with E-state index >= 15 is 0 Å². The van der Waals surface area contributed by atoms with Gasteiger partial charge in [0.05, 0.1) is 0 Å². The first kappa shape index (κ1) is 14.3. The number of alkyl halides is 2. The van der Waals surface area contributed by atoms with E-state index in [4.69, 9.17) is 0 Å².